The maximum absolute atomic E-state index is 11.8. The number of hydrogen-bond donors (Lipinski definition) is 0. The van der Waals surface area contributed by atoms with Crippen LogP contribution in [0.4, 0.5) is 0 Å². The van der Waals surface area contributed by atoms with E-state index < -0.39 is 5.97 Å². The van der Waals surface area contributed by atoms with Gasteiger partial charge in [-0.25, -0.2) is 14.8 Å². The van der Waals surface area contributed by atoms with Crippen molar-refractivity contribution in [1.82, 2.24) is 14.4 Å². The van der Waals surface area contributed by atoms with Gasteiger partial charge in [0.15, 0.2) is 5.69 Å². The fraction of sp³-hybridized carbons (Fsp3) is 0.364. The lowest BCUT2D eigenvalue weighted by Crippen LogP contribution is -2.06. The molecule has 0 unspecified atom stereocenters. The molecule has 0 aliphatic rings. The van der Waals surface area contributed by atoms with Crippen molar-refractivity contribution in [2.45, 2.75) is 18.9 Å². The summed E-state index contributed by atoms with van der Waals surface area (Å²) in [6.45, 7) is 4.14. The van der Waals surface area contributed by atoms with Crippen molar-refractivity contribution in [3.63, 3.8) is 0 Å². The normalized spacial score (nSPS) is 10.7. The second kappa shape index (κ2) is 5.18. The van der Waals surface area contributed by atoms with E-state index in [1.165, 1.54) is 0 Å². The Bertz CT molecular complexity index is 538. The summed E-state index contributed by atoms with van der Waals surface area (Å²) < 4.78 is 6.79. The summed E-state index contributed by atoms with van der Waals surface area (Å²) in [7, 11) is 0. The van der Waals surface area contributed by atoms with Gasteiger partial charge < -0.3 is 4.74 Å². The number of fused-ring (bicyclic) bond motifs is 1. The largest absolute Gasteiger partial charge is 0.461 e. The van der Waals surface area contributed by atoms with E-state index in [2.05, 4.69) is 9.97 Å². The summed E-state index contributed by atoms with van der Waals surface area (Å²) in [5, 5.41) is 0.786. The molecule has 0 spiro atoms. The molecule has 2 aromatic rings. The molecule has 0 fully saturated rings. The van der Waals surface area contributed by atoms with Crippen LogP contribution in [0.15, 0.2) is 23.5 Å². The Morgan fingerprint density at radius 3 is 3.06 bits per heavy atom. The molecule has 0 radical (unpaired) electrons. The summed E-state index contributed by atoms with van der Waals surface area (Å²) in [6.07, 6.45) is 3.49. The second-order valence-electron chi connectivity index (χ2n) is 3.21. The van der Waals surface area contributed by atoms with Gasteiger partial charge in [0, 0.05) is 12.4 Å². The summed E-state index contributed by atoms with van der Waals surface area (Å²) in [6, 6.07) is 1.81. The van der Waals surface area contributed by atoms with Crippen molar-refractivity contribution in [3.8, 4) is 0 Å². The third-order valence-corrected chi connectivity index (χ3v) is 3.06. The van der Waals surface area contributed by atoms with Crippen LogP contribution in [-0.4, -0.2) is 32.7 Å². The average molecular weight is 251 g/mol. The monoisotopic (exact) mass is 251 g/mol. The summed E-state index contributed by atoms with van der Waals surface area (Å²) in [5.41, 5.74) is 0.345. The minimum Gasteiger partial charge on any atom is -0.461 e. The Morgan fingerprint density at radius 1 is 1.53 bits per heavy atom. The number of carbonyl (C=O) groups excluding carboxylic acids is 1. The quantitative estimate of drug-likeness (QED) is 0.614. The van der Waals surface area contributed by atoms with Crippen molar-refractivity contribution in [3.05, 3.63) is 24.2 Å². The number of hydrogen-bond acceptors (Lipinski definition) is 5. The molecule has 0 aliphatic carbocycles. The van der Waals surface area contributed by atoms with E-state index in [1.54, 1.807) is 29.3 Å². The summed E-state index contributed by atoms with van der Waals surface area (Å²) in [5.74, 6) is 0.982. The van der Waals surface area contributed by atoms with Crippen LogP contribution in [0.2, 0.25) is 0 Å². The maximum atomic E-state index is 11.8. The molecule has 0 aliphatic heterocycles. The number of thioether (sulfide) groups is 1. The van der Waals surface area contributed by atoms with Crippen molar-refractivity contribution in [2.75, 3.05) is 12.4 Å². The van der Waals surface area contributed by atoms with E-state index >= 15 is 0 Å². The fourth-order valence-electron chi connectivity index (χ4n) is 1.47. The molecule has 0 saturated heterocycles. The van der Waals surface area contributed by atoms with Crippen LogP contribution >= 0.6 is 11.8 Å². The van der Waals surface area contributed by atoms with Gasteiger partial charge in [0.2, 0.25) is 5.78 Å². The summed E-state index contributed by atoms with van der Waals surface area (Å²) in [4.78, 5) is 20.1. The number of carbonyl (C=O) groups is 1. The van der Waals surface area contributed by atoms with Gasteiger partial charge in [0.25, 0.3) is 0 Å². The number of ether oxygens (including phenoxy) is 1. The highest BCUT2D eigenvalue weighted by Crippen LogP contribution is 2.23. The molecular formula is C11H13N3O2S. The van der Waals surface area contributed by atoms with Crippen LogP contribution in [-0.2, 0) is 4.74 Å². The van der Waals surface area contributed by atoms with Crippen LogP contribution < -0.4 is 0 Å². The Labute approximate surface area is 103 Å². The van der Waals surface area contributed by atoms with Gasteiger partial charge in [-0.3, -0.25) is 4.40 Å². The van der Waals surface area contributed by atoms with Crippen molar-refractivity contribution in [2.24, 2.45) is 0 Å². The SMILES string of the molecule is CCOC(=O)c1nc2ncccn2c1SCC. The first-order chi connectivity index (χ1) is 8.27. The van der Waals surface area contributed by atoms with Crippen molar-refractivity contribution >= 4 is 23.5 Å². The van der Waals surface area contributed by atoms with Gasteiger partial charge in [-0.15, -0.1) is 11.8 Å². The second-order valence-corrected chi connectivity index (χ2v) is 4.46. The highest BCUT2D eigenvalue weighted by atomic mass is 32.2. The van der Waals surface area contributed by atoms with E-state index in [0.29, 0.717) is 18.1 Å². The highest BCUT2D eigenvalue weighted by molar-refractivity contribution is 7.99. The van der Waals surface area contributed by atoms with Crippen molar-refractivity contribution in [1.29, 1.82) is 0 Å². The van der Waals surface area contributed by atoms with Crippen LogP contribution in [0.5, 0.6) is 0 Å². The van der Waals surface area contributed by atoms with Gasteiger partial charge in [-0.05, 0) is 18.7 Å². The number of rotatable bonds is 4. The molecule has 0 atom stereocenters. The number of nitrogens with zero attached hydrogens (tertiary/aromatic N) is 3. The van der Waals surface area contributed by atoms with E-state index in [4.69, 9.17) is 4.74 Å². The Hall–Kier alpha value is -1.56. The van der Waals surface area contributed by atoms with Gasteiger partial charge in [-0.2, -0.15) is 0 Å². The Kier molecular flexibility index (Phi) is 3.63. The lowest BCUT2D eigenvalue weighted by Gasteiger charge is -2.02. The van der Waals surface area contributed by atoms with E-state index in [1.807, 2.05) is 19.2 Å². The van der Waals surface area contributed by atoms with Gasteiger partial charge in [0.1, 0.15) is 5.03 Å². The molecule has 6 heteroatoms. The molecule has 0 bridgehead atoms. The Morgan fingerprint density at radius 2 is 2.35 bits per heavy atom. The van der Waals surface area contributed by atoms with E-state index in [9.17, 15) is 4.79 Å². The maximum Gasteiger partial charge on any atom is 0.359 e. The predicted octanol–water partition coefficient (Wildman–Crippen LogP) is 2.02. The first-order valence-electron chi connectivity index (χ1n) is 5.41. The summed E-state index contributed by atoms with van der Waals surface area (Å²) >= 11 is 1.55. The third kappa shape index (κ3) is 2.26. The van der Waals surface area contributed by atoms with Crippen LogP contribution in [0.25, 0.3) is 5.78 Å². The van der Waals surface area contributed by atoms with Gasteiger partial charge in [0.05, 0.1) is 6.61 Å². The standard InChI is InChI=1S/C11H13N3O2S/c1-3-16-10(15)8-9(17-4-2)14-7-5-6-12-11(14)13-8/h5-7H,3-4H2,1-2H3. The van der Waals surface area contributed by atoms with E-state index in [0.717, 1.165) is 10.8 Å². The lowest BCUT2D eigenvalue weighted by atomic mass is 10.5. The molecule has 0 amide bonds. The lowest BCUT2D eigenvalue weighted by molar-refractivity contribution is 0.0515. The molecule has 2 rings (SSSR count). The number of aromatic nitrogens is 3. The minimum absolute atomic E-state index is 0.344. The molecule has 90 valence electrons. The molecule has 17 heavy (non-hydrogen) atoms. The fourth-order valence-corrected chi connectivity index (χ4v) is 2.29. The third-order valence-electron chi connectivity index (χ3n) is 2.11. The van der Waals surface area contributed by atoms with Crippen LogP contribution in [0.1, 0.15) is 24.3 Å². The van der Waals surface area contributed by atoms with E-state index in [-0.39, 0.29) is 0 Å². The topological polar surface area (TPSA) is 56.5 Å². The molecule has 0 N–H and O–H groups in total. The zero-order valence-electron chi connectivity index (χ0n) is 9.71. The van der Waals surface area contributed by atoms with Gasteiger partial charge in [-0.1, -0.05) is 6.92 Å². The highest BCUT2D eigenvalue weighted by Gasteiger charge is 2.20. The molecule has 5 nitrogen and oxygen atoms in total. The number of imidazole rings is 1. The zero-order valence-corrected chi connectivity index (χ0v) is 10.5. The molecule has 2 aromatic heterocycles. The Balaban J connectivity index is 2.53. The smallest absolute Gasteiger partial charge is 0.359 e. The zero-order chi connectivity index (χ0) is 12.3. The molecular weight excluding hydrogens is 238 g/mol. The first kappa shape index (κ1) is 11.9. The average Bonchev–Trinajstić information content (AvgIpc) is 2.70. The number of esters is 1. The first-order valence-corrected chi connectivity index (χ1v) is 6.39. The predicted molar refractivity (Wildman–Crippen MR) is 65.3 cm³/mol. The molecule has 0 aromatic carbocycles. The van der Waals surface area contributed by atoms with Crippen LogP contribution in [0, 0.1) is 0 Å². The minimum atomic E-state index is -0.394. The van der Waals surface area contributed by atoms with Crippen LogP contribution in [0.3, 0.4) is 0 Å². The molecule has 2 heterocycles. The molecule has 0 saturated carbocycles. The van der Waals surface area contributed by atoms with Gasteiger partial charge >= 0.3 is 5.97 Å². The van der Waals surface area contributed by atoms with Crippen molar-refractivity contribution < 1.29 is 9.53 Å².